The summed E-state index contributed by atoms with van der Waals surface area (Å²) in [4.78, 5) is 27.5. The zero-order valence-corrected chi connectivity index (χ0v) is 17.1. The van der Waals surface area contributed by atoms with Gasteiger partial charge in [0, 0.05) is 17.1 Å². The summed E-state index contributed by atoms with van der Waals surface area (Å²) in [6, 6.07) is 18.9. The summed E-state index contributed by atoms with van der Waals surface area (Å²) in [6.07, 6.45) is 0.677. The Morgan fingerprint density at radius 2 is 1.77 bits per heavy atom. The Kier molecular flexibility index (Phi) is 5.46. The van der Waals surface area contributed by atoms with Crippen LogP contribution in [0.15, 0.2) is 82.5 Å². The highest BCUT2D eigenvalue weighted by Crippen LogP contribution is 2.42. The fourth-order valence-corrected chi connectivity index (χ4v) is 3.79. The van der Waals surface area contributed by atoms with Crippen molar-refractivity contribution in [2.75, 3.05) is 4.90 Å². The molecule has 2 aromatic carbocycles. The van der Waals surface area contributed by atoms with Gasteiger partial charge in [0.1, 0.15) is 17.6 Å². The van der Waals surface area contributed by atoms with Crippen molar-refractivity contribution in [3.63, 3.8) is 0 Å². The number of aryl methyl sites for hydroxylation is 2. The van der Waals surface area contributed by atoms with Crippen molar-refractivity contribution in [2.45, 2.75) is 25.8 Å². The maximum atomic E-state index is 13.1. The van der Waals surface area contributed by atoms with Gasteiger partial charge in [-0.15, -0.1) is 0 Å². The molecule has 4 rings (SSSR count). The summed E-state index contributed by atoms with van der Waals surface area (Å²) in [5.74, 6) is -0.402. The van der Waals surface area contributed by atoms with Gasteiger partial charge in [-0.05, 0) is 55.3 Å². The number of nitrogens with zero attached hydrogens (tertiary/aromatic N) is 1. The Morgan fingerprint density at radius 3 is 2.40 bits per heavy atom. The molecule has 1 N–H and O–H groups in total. The van der Waals surface area contributed by atoms with Gasteiger partial charge in [-0.2, -0.15) is 0 Å². The molecule has 30 heavy (non-hydrogen) atoms. The van der Waals surface area contributed by atoms with E-state index < -0.39 is 17.7 Å². The minimum absolute atomic E-state index is 0.0558. The van der Waals surface area contributed by atoms with Gasteiger partial charge in [0.25, 0.3) is 5.91 Å². The number of anilines is 1. The average Bonchev–Trinajstić information content (AvgIpc) is 3.29. The minimum Gasteiger partial charge on any atom is -0.503 e. The van der Waals surface area contributed by atoms with E-state index in [1.54, 1.807) is 43.3 Å². The Bertz CT molecular complexity index is 1120. The largest absolute Gasteiger partial charge is 0.503 e. The van der Waals surface area contributed by atoms with Crippen molar-refractivity contribution in [3.8, 4) is 0 Å². The number of furan rings is 1. The number of carbonyl (C=O) groups excluding carboxylic acids is 2. The number of aliphatic hydroxyl groups excluding tert-OH is 1. The van der Waals surface area contributed by atoms with Crippen molar-refractivity contribution in [1.29, 1.82) is 0 Å². The fraction of sp³-hybridized carbons (Fsp3) is 0.167. The van der Waals surface area contributed by atoms with Gasteiger partial charge in [-0.1, -0.05) is 41.9 Å². The van der Waals surface area contributed by atoms with Crippen LogP contribution >= 0.6 is 11.6 Å². The molecular formula is C24H20ClNO4. The predicted octanol–water partition coefficient (Wildman–Crippen LogP) is 5.34. The second-order valence-electron chi connectivity index (χ2n) is 7.17. The number of amides is 1. The first kappa shape index (κ1) is 20.0. The fourth-order valence-electron chi connectivity index (χ4n) is 3.66. The van der Waals surface area contributed by atoms with Crippen LogP contribution in [0.3, 0.4) is 0 Å². The molecule has 0 radical (unpaired) electrons. The van der Waals surface area contributed by atoms with E-state index in [-0.39, 0.29) is 17.8 Å². The number of hydrogen-bond acceptors (Lipinski definition) is 4. The van der Waals surface area contributed by atoms with Crippen molar-refractivity contribution in [3.05, 3.63) is 100 Å². The Labute approximate surface area is 179 Å². The van der Waals surface area contributed by atoms with Crippen LogP contribution in [0.5, 0.6) is 0 Å². The molecule has 5 nitrogen and oxygen atoms in total. The average molecular weight is 422 g/mol. The molecule has 6 heteroatoms. The third kappa shape index (κ3) is 3.76. The van der Waals surface area contributed by atoms with Crippen molar-refractivity contribution in [2.24, 2.45) is 0 Å². The monoisotopic (exact) mass is 421 g/mol. The lowest BCUT2D eigenvalue weighted by molar-refractivity contribution is -0.118. The smallest absolute Gasteiger partial charge is 0.294 e. The van der Waals surface area contributed by atoms with E-state index in [1.165, 1.54) is 4.90 Å². The van der Waals surface area contributed by atoms with Gasteiger partial charge >= 0.3 is 0 Å². The number of halogens is 1. The normalized spacial score (nSPS) is 16.4. The molecule has 1 unspecified atom stereocenters. The van der Waals surface area contributed by atoms with Crippen LogP contribution in [0.25, 0.3) is 0 Å². The van der Waals surface area contributed by atoms with Crippen molar-refractivity contribution < 1.29 is 19.1 Å². The predicted molar refractivity (Wildman–Crippen MR) is 115 cm³/mol. The van der Waals surface area contributed by atoms with Crippen LogP contribution in [-0.4, -0.2) is 16.8 Å². The zero-order chi connectivity index (χ0) is 21.3. The van der Waals surface area contributed by atoms with Crippen LogP contribution in [0.4, 0.5) is 5.69 Å². The quantitative estimate of drug-likeness (QED) is 0.582. The van der Waals surface area contributed by atoms with Crippen LogP contribution in [0.1, 0.15) is 29.5 Å². The molecule has 0 spiro atoms. The molecule has 1 aliphatic rings. The van der Waals surface area contributed by atoms with Gasteiger partial charge in [-0.3, -0.25) is 14.5 Å². The number of aliphatic hydroxyl groups is 1. The van der Waals surface area contributed by atoms with E-state index in [1.807, 2.05) is 30.3 Å². The summed E-state index contributed by atoms with van der Waals surface area (Å²) in [7, 11) is 0. The number of Topliss-reactive ketones (excluding diaryl/α,β-unsaturated/α-hetero) is 1. The minimum atomic E-state index is -0.837. The van der Waals surface area contributed by atoms with E-state index in [0.717, 1.165) is 5.56 Å². The molecule has 1 aromatic heterocycles. The molecule has 1 aliphatic heterocycles. The maximum absolute atomic E-state index is 13.1. The zero-order valence-electron chi connectivity index (χ0n) is 16.3. The third-order valence-electron chi connectivity index (χ3n) is 5.13. The van der Waals surface area contributed by atoms with E-state index >= 15 is 0 Å². The number of rotatable bonds is 6. The summed E-state index contributed by atoms with van der Waals surface area (Å²) in [6.45, 7) is 1.79. The van der Waals surface area contributed by atoms with Crippen LogP contribution in [0, 0.1) is 6.92 Å². The molecule has 0 saturated heterocycles. The second kappa shape index (κ2) is 8.20. The van der Waals surface area contributed by atoms with E-state index in [0.29, 0.717) is 28.7 Å². The van der Waals surface area contributed by atoms with E-state index in [4.69, 9.17) is 16.0 Å². The van der Waals surface area contributed by atoms with Gasteiger partial charge in [0.15, 0.2) is 11.5 Å². The molecule has 152 valence electrons. The first-order chi connectivity index (χ1) is 14.5. The topological polar surface area (TPSA) is 70.8 Å². The molecule has 0 aliphatic carbocycles. The second-order valence-corrected chi connectivity index (χ2v) is 7.61. The third-order valence-corrected chi connectivity index (χ3v) is 5.38. The maximum Gasteiger partial charge on any atom is 0.294 e. The Balaban J connectivity index is 1.70. The summed E-state index contributed by atoms with van der Waals surface area (Å²) >= 11 is 5.98. The molecular weight excluding hydrogens is 402 g/mol. The lowest BCUT2D eigenvalue weighted by Gasteiger charge is -2.25. The van der Waals surface area contributed by atoms with Crippen LogP contribution in [-0.2, 0) is 16.0 Å². The van der Waals surface area contributed by atoms with Gasteiger partial charge in [-0.25, -0.2) is 0 Å². The highest BCUT2D eigenvalue weighted by atomic mass is 35.5. The van der Waals surface area contributed by atoms with Crippen molar-refractivity contribution >= 4 is 29.0 Å². The highest BCUT2D eigenvalue weighted by Gasteiger charge is 2.45. The van der Waals surface area contributed by atoms with Crippen LogP contribution in [0.2, 0.25) is 5.02 Å². The first-order valence-electron chi connectivity index (χ1n) is 9.61. The molecule has 2 heterocycles. The number of hydrogen-bond donors (Lipinski definition) is 1. The molecule has 0 bridgehead atoms. The summed E-state index contributed by atoms with van der Waals surface area (Å²) < 4.78 is 5.77. The van der Waals surface area contributed by atoms with Crippen molar-refractivity contribution in [1.82, 2.24) is 0 Å². The standard InChI is InChI=1S/C24H20ClNO4/c1-15-7-14-20(30-15)22-21(19(27)13-8-16-5-3-2-4-6-16)23(28)24(29)26(22)18-11-9-17(25)10-12-18/h2-7,9-12,14,22,28H,8,13H2,1H3. The van der Waals surface area contributed by atoms with Crippen LogP contribution < -0.4 is 4.90 Å². The summed E-state index contributed by atoms with van der Waals surface area (Å²) in [5.41, 5.74) is 1.58. The van der Waals surface area contributed by atoms with Gasteiger partial charge in [0.2, 0.25) is 0 Å². The molecule has 0 fully saturated rings. The lowest BCUT2D eigenvalue weighted by Crippen LogP contribution is -2.30. The molecule has 1 amide bonds. The van der Waals surface area contributed by atoms with E-state index in [9.17, 15) is 14.7 Å². The lowest BCUT2D eigenvalue weighted by atomic mass is 9.96. The molecule has 0 saturated carbocycles. The van der Waals surface area contributed by atoms with E-state index in [2.05, 4.69) is 0 Å². The highest BCUT2D eigenvalue weighted by molar-refractivity contribution is 6.30. The Hall–Kier alpha value is -3.31. The number of ketones is 1. The Morgan fingerprint density at radius 1 is 1.07 bits per heavy atom. The SMILES string of the molecule is Cc1ccc(C2C(C(=O)CCc3ccccc3)=C(O)C(=O)N2c2ccc(Cl)cc2)o1. The first-order valence-corrected chi connectivity index (χ1v) is 9.99. The number of benzene rings is 2. The van der Waals surface area contributed by atoms with Gasteiger partial charge < -0.3 is 9.52 Å². The van der Waals surface area contributed by atoms with Gasteiger partial charge in [0.05, 0.1) is 5.57 Å². The molecule has 1 atom stereocenters. The summed E-state index contributed by atoms with van der Waals surface area (Å²) in [5, 5.41) is 11.2. The number of carbonyl (C=O) groups is 2. The molecule has 3 aromatic rings.